The molecule has 15 nitrogen and oxygen atoms in total. The predicted molar refractivity (Wildman–Crippen MR) is 295 cm³/mol. The van der Waals surface area contributed by atoms with Crippen LogP contribution >= 0.6 is 11.3 Å². The fourth-order valence-electron chi connectivity index (χ4n) is 9.64. The molecule has 2 aromatic heterocycles. The lowest BCUT2D eigenvalue weighted by Gasteiger charge is -2.35. The van der Waals surface area contributed by atoms with Gasteiger partial charge in [0.25, 0.3) is 0 Å². The summed E-state index contributed by atoms with van der Waals surface area (Å²) >= 11 is 1.68. The third kappa shape index (κ3) is 12.9. The number of aliphatic hydroxyl groups excluding tert-OH is 1. The molecule has 4 heterocycles. The number of nitrogens with zero attached hydrogens (tertiary/aromatic N) is 5. The Balaban J connectivity index is 0.771. The van der Waals surface area contributed by atoms with E-state index in [1.807, 2.05) is 83.1 Å². The number of aliphatic hydroxyl groups is 1. The van der Waals surface area contributed by atoms with Crippen LogP contribution in [-0.4, -0.2) is 98.7 Å². The molecule has 0 radical (unpaired) electrons. The molecule has 3 aromatic carbocycles. The Morgan fingerprint density at radius 2 is 1.55 bits per heavy atom. The first kappa shape index (κ1) is 54.6. The molecule has 16 heteroatoms. The molecule has 1 fully saturated rings. The number of benzene rings is 3. The fourth-order valence-corrected chi connectivity index (χ4v) is 10.6. The van der Waals surface area contributed by atoms with Crippen LogP contribution in [0.2, 0.25) is 0 Å². The van der Waals surface area contributed by atoms with Crippen LogP contribution in [0.15, 0.2) is 106 Å². The van der Waals surface area contributed by atoms with Crippen molar-refractivity contribution in [3.8, 4) is 39.9 Å². The molecule has 4 N–H and O–H groups in total. The molecular formula is C60H66N8O7S. The van der Waals surface area contributed by atoms with E-state index in [2.05, 4.69) is 118 Å². The number of nitrogens with one attached hydrogen (secondary N) is 3. The Morgan fingerprint density at radius 3 is 2.24 bits per heavy atom. The predicted octanol–water partition coefficient (Wildman–Crippen LogP) is 7.91. The summed E-state index contributed by atoms with van der Waals surface area (Å²) in [6.45, 7) is 17.6. The number of amides is 4. The number of likely N-dealkylation sites (tertiary alicyclic amines) is 1. The van der Waals surface area contributed by atoms with E-state index in [1.54, 1.807) is 11.3 Å². The average molecular weight is 1040 g/mol. The van der Waals surface area contributed by atoms with Gasteiger partial charge in [0.15, 0.2) is 5.82 Å². The maximum Gasteiger partial charge on any atom is 0.246 e. The number of aliphatic imine (C=N–C) groups is 1. The highest BCUT2D eigenvalue weighted by atomic mass is 32.1. The molecule has 3 aliphatic rings. The largest absolute Gasteiger partial charge is 0.481 e. The van der Waals surface area contributed by atoms with Gasteiger partial charge >= 0.3 is 0 Å². The molecule has 4 amide bonds. The first-order chi connectivity index (χ1) is 36.4. The second-order valence-corrected chi connectivity index (χ2v) is 21.7. The minimum Gasteiger partial charge on any atom is -0.481 e. The summed E-state index contributed by atoms with van der Waals surface area (Å²) in [5.41, 5.74) is 11.0. The SMILES string of the molecule is CC1=C(C)C2=C(C1)n1c(C)nnc1C(CC(=O)N[C@@H](C)c1ccc(OCC#CC#CCOCC(=O)N[C@H](C(=O)N3CC(O)C[C@H]3C(=O)NCc3ccc(-c4sccc4C)cc3)C(C)(C)C)cc1)N=C2c1ccc(C)cc1. The van der Waals surface area contributed by atoms with Gasteiger partial charge in [-0.1, -0.05) is 98.5 Å². The van der Waals surface area contributed by atoms with Gasteiger partial charge in [-0.25, -0.2) is 0 Å². The van der Waals surface area contributed by atoms with Crippen molar-refractivity contribution in [3.63, 3.8) is 0 Å². The Kier molecular flexibility index (Phi) is 17.2. The zero-order valence-corrected chi connectivity index (χ0v) is 45.5. The van der Waals surface area contributed by atoms with Gasteiger partial charge in [0.1, 0.15) is 49.5 Å². The van der Waals surface area contributed by atoms with Crippen molar-refractivity contribution in [1.29, 1.82) is 0 Å². The number of β-amino-alcohol motifs (C(OH)–C–C–N with tert-alkyl or cyclic N) is 1. The van der Waals surface area contributed by atoms with Gasteiger partial charge in [-0.3, -0.25) is 28.7 Å². The maximum atomic E-state index is 14.0. The van der Waals surface area contributed by atoms with Crippen molar-refractivity contribution in [3.05, 3.63) is 140 Å². The average Bonchev–Trinajstić information content (AvgIpc) is 4.20. The number of aromatic nitrogens is 3. The van der Waals surface area contributed by atoms with Crippen molar-refractivity contribution in [2.45, 2.75) is 118 Å². The van der Waals surface area contributed by atoms with Crippen LogP contribution < -0.4 is 20.7 Å². The zero-order valence-electron chi connectivity index (χ0n) is 44.7. The van der Waals surface area contributed by atoms with Gasteiger partial charge < -0.3 is 35.4 Å². The Labute approximate surface area is 449 Å². The zero-order chi connectivity index (χ0) is 54.3. The quantitative estimate of drug-likeness (QED) is 0.0563. The maximum absolute atomic E-state index is 14.0. The summed E-state index contributed by atoms with van der Waals surface area (Å²) in [5, 5.41) is 30.5. The van der Waals surface area contributed by atoms with Crippen LogP contribution in [0.5, 0.6) is 5.75 Å². The van der Waals surface area contributed by atoms with E-state index in [9.17, 15) is 24.3 Å². The lowest BCUT2D eigenvalue weighted by molar-refractivity contribution is -0.144. The van der Waals surface area contributed by atoms with E-state index in [0.717, 1.165) is 57.0 Å². The van der Waals surface area contributed by atoms with Gasteiger partial charge in [-0.15, -0.1) is 21.5 Å². The van der Waals surface area contributed by atoms with Crippen molar-refractivity contribution in [2.24, 2.45) is 10.4 Å². The second kappa shape index (κ2) is 23.9. The fraction of sp³-hybridized carbons (Fsp3) is 0.383. The minimum absolute atomic E-state index is 0.0290. The van der Waals surface area contributed by atoms with Gasteiger partial charge in [-0.05, 0) is 116 Å². The molecule has 1 aliphatic carbocycles. The standard InChI is InChI=1S/C60H66N8O7S/c1-36-14-18-44(19-15-36)54-53-39(4)38(3)30-49(53)68-41(6)65-66-57(68)48(63-54)32-51(70)62-40(5)43-22-24-47(25-23-43)75-28-13-11-10-12-27-74-35-52(71)64-56(60(7,8)9)59(73)67-34-46(69)31-50(67)58(72)61-33-42-16-20-45(21-17-42)55-37(2)26-29-76-55/h14-26,29,40,46,48,50,56,69H,27-28,30-35H2,1-9H3,(H,61,72)(H,62,70)(H,64,71)/t40-,46?,48?,50-,56+/m0/s1. The molecule has 2 aliphatic heterocycles. The molecule has 0 saturated carbocycles. The van der Waals surface area contributed by atoms with Crippen LogP contribution in [0.1, 0.15) is 112 Å². The lowest BCUT2D eigenvalue weighted by Crippen LogP contribution is -2.58. The third-order valence-corrected chi connectivity index (χ3v) is 15.0. The lowest BCUT2D eigenvalue weighted by atomic mass is 9.85. The molecule has 8 rings (SSSR count). The number of ether oxygens (including phenoxy) is 2. The highest BCUT2D eigenvalue weighted by molar-refractivity contribution is 7.13. The number of fused-ring (bicyclic) bond motifs is 2. The third-order valence-electron chi connectivity index (χ3n) is 13.9. The summed E-state index contributed by atoms with van der Waals surface area (Å²) in [6.07, 6.45) is 0.0549. The monoisotopic (exact) mass is 1040 g/mol. The van der Waals surface area contributed by atoms with Crippen LogP contribution in [0.25, 0.3) is 16.1 Å². The van der Waals surface area contributed by atoms with Crippen molar-refractivity contribution >= 4 is 46.4 Å². The first-order valence-corrected chi connectivity index (χ1v) is 26.5. The molecule has 1 saturated heterocycles. The Bertz CT molecular complexity index is 3210. The normalized spacial score (nSPS) is 17.7. The number of carbonyl (C=O) groups is 4. The van der Waals surface area contributed by atoms with Gasteiger partial charge in [-0.2, -0.15) is 0 Å². The number of rotatable bonds is 16. The number of hydrogen-bond acceptors (Lipinski definition) is 11. The van der Waals surface area contributed by atoms with Crippen LogP contribution in [-0.2, 0) is 30.5 Å². The number of thiophene rings is 1. The number of hydrogen-bond donors (Lipinski definition) is 4. The molecule has 5 atom stereocenters. The minimum atomic E-state index is -0.994. The molecule has 394 valence electrons. The first-order valence-electron chi connectivity index (χ1n) is 25.6. The van der Waals surface area contributed by atoms with E-state index in [1.165, 1.54) is 26.5 Å². The van der Waals surface area contributed by atoms with Gasteiger partial charge in [0, 0.05) is 47.6 Å². The molecule has 0 spiro atoms. The number of aryl methyl sites for hydroxylation is 3. The number of carbonyl (C=O) groups excluding carboxylic acids is 4. The summed E-state index contributed by atoms with van der Waals surface area (Å²) < 4.78 is 13.4. The molecule has 2 unspecified atom stereocenters. The van der Waals surface area contributed by atoms with Crippen molar-refractivity contribution in [2.75, 3.05) is 26.4 Å². The van der Waals surface area contributed by atoms with E-state index in [-0.39, 0.29) is 63.6 Å². The molecule has 0 bridgehead atoms. The smallest absolute Gasteiger partial charge is 0.246 e. The van der Waals surface area contributed by atoms with E-state index < -0.39 is 41.5 Å². The van der Waals surface area contributed by atoms with Crippen molar-refractivity contribution < 1.29 is 33.8 Å². The van der Waals surface area contributed by atoms with Crippen LogP contribution in [0.4, 0.5) is 0 Å². The van der Waals surface area contributed by atoms with Crippen molar-refractivity contribution in [1.82, 2.24) is 35.6 Å². The van der Waals surface area contributed by atoms with Crippen LogP contribution in [0.3, 0.4) is 0 Å². The Morgan fingerprint density at radius 1 is 0.855 bits per heavy atom. The van der Waals surface area contributed by atoms with Gasteiger partial charge in [0.05, 0.1) is 24.3 Å². The van der Waals surface area contributed by atoms with Crippen LogP contribution in [0, 0.1) is 49.9 Å². The molecule has 76 heavy (non-hydrogen) atoms. The molecule has 5 aromatic rings. The topological polar surface area (TPSA) is 189 Å². The van der Waals surface area contributed by atoms with E-state index in [4.69, 9.17) is 14.5 Å². The van der Waals surface area contributed by atoms with E-state index in [0.29, 0.717) is 11.6 Å². The highest BCUT2D eigenvalue weighted by Crippen LogP contribution is 2.42. The van der Waals surface area contributed by atoms with Gasteiger partial charge in [0.2, 0.25) is 23.6 Å². The summed E-state index contributed by atoms with van der Waals surface area (Å²) in [6, 6.07) is 23.1. The Hall–Kier alpha value is -7.63. The number of allylic oxidation sites excluding steroid dienone is 4. The summed E-state index contributed by atoms with van der Waals surface area (Å²) in [5.74, 6) is 11.5. The second-order valence-electron chi connectivity index (χ2n) is 20.8. The highest BCUT2D eigenvalue weighted by Gasteiger charge is 2.44. The summed E-state index contributed by atoms with van der Waals surface area (Å²) in [7, 11) is 0. The summed E-state index contributed by atoms with van der Waals surface area (Å²) in [4.78, 5) is 62.1. The van der Waals surface area contributed by atoms with E-state index >= 15 is 0 Å². The molecular weight excluding hydrogens is 977 g/mol.